The molecule has 0 heterocycles. The molecule has 0 saturated carbocycles. The zero-order chi connectivity index (χ0) is 13.1. The van der Waals surface area contributed by atoms with Gasteiger partial charge in [-0.1, -0.05) is 24.3 Å². The Bertz CT molecular complexity index is 532. The second kappa shape index (κ2) is 6.06. The average molecular weight is 276 g/mol. The summed E-state index contributed by atoms with van der Waals surface area (Å²) in [7, 11) is 0. The molecule has 19 heavy (non-hydrogen) atoms. The third-order valence-electron chi connectivity index (χ3n) is 2.60. The van der Waals surface area contributed by atoms with E-state index in [1.807, 2.05) is 0 Å². The predicted molar refractivity (Wildman–Crippen MR) is 76.2 cm³/mol. The van der Waals surface area contributed by atoms with Crippen LogP contribution in [0.4, 0.5) is 0 Å². The van der Waals surface area contributed by atoms with Crippen LogP contribution in [0.2, 0.25) is 0 Å². The Morgan fingerprint density at radius 1 is 0.632 bits per heavy atom. The molecule has 2 rings (SSSR count). The SMILES string of the molecule is O=C(O)c1ccc(-c2ccc(C(=O)O)cc2)cc1.S. The fourth-order valence-corrected chi connectivity index (χ4v) is 1.61. The second-order valence-corrected chi connectivity index (χ2v) is 3.77. The number of carboxylic acids is 2. The Labute approximate surface area is 116 Å². The quantitative estimate of drug-likeness (QED) is 0.904. The molecule has 0 bridgehead atoms. The lowest BCUT2D eigenvalue weighted by atomic mass is 10.0. The molecule has 5 heteroatoms. The van der Waals surface area contributed by atoms with Gasteiger partial charge in [0, 0.05) is 0 Å². The van der Waals surface area contributed by atoms with Crippen molar-refractivity contribution in [3.63, 3.8) is 0 Å². The number of carbonyl (C=O) groups is 2. The summed E-state index contributed by atoms with van der Waals surface area (Å²) < 4.78 is 0. The van der Waals surface area contributed by atoms with Crippen molar-refractivity contribution in [3.8, 4) is 11.1 Å². The molecular formula is C14H12O4S. The van der Waals surface area contributed by atoms with Gasteiger partial charge in [0.1, 0.15) is 0 Å². The van der Waals surface area contributed by atoms with E-state index in [0.717, 1.165) is 11.1 Å². The Kier molecular flexibility index (Phi) is 4.72. The van der Waals surface area contributed by atoms with E-state index in [1.165, 1.54) is 24.3 Å². The largest absolute Gasteiger partial charge is 0.478 e. The van der Waals surface area contributed by atoms with Gasteiger partial charge in [-0.2, -0.15) is 13.5 Å². The van der Waals surface area contributed by atoms with Crippen molar-refractivity contribution in [3.05, 3.63) is 59.7 Å². The van der Waals surface area contributed by atoms with Gasteiger partial charge in [-0.05, 0) is 35.4 Å². The molecule has 98 valence electrons. The van der Waals surface area contributed by atoms with Gasteiger partial charge in [0.25, 0.3) is 0 Å². The lowest BCUT2D eigenvalue weighted by Gasteiger charge is -2.03. The van der Waals surface area contributed by atoms with E-state index in [0.29, 0.717) is 0 Å². The van der Waals surface area contributed by atoms with Crippen LogP contribution in [-0.2, 0) is 0 Å². The Morgan fingerprint density at radius 3 is 1.11 bits per heavy atom. The fourth-order valence-electron chi connectivity index (χ4n) is 1.61. The normalized spacial score (nSPS) is 9.47. The van der Waals surface area contributed by atoms with E-state index < -0.39 is 11.9 Å². The average Bonchev–Trinajstić information content (AvgIpc) is 2.39. The number of hydrogen-bond acceptors (Lipinski definition) is 2. The maximum Gasteiger partial charge on any atom is 0.335 e. The highest BCUT2D eigenvalue weighted by molar-refractivity contribution is 7.59. The van der Waals surface area contributed by atoms with Crippen molar-refractivity contribution in [2.75, 3.05) is 0 Å². The minimum Gasteiger partial charge on any atom is -0.478 e. The van der Waals surface area contributed by atoms with Crippen molar-refractivity contribution >= 4 is 25.4 Å². The number of aromatic carboxylic acids is 2. The third kappa shape index (κ3) is 3.35. The molecule has 4 nitrogen and oxygen atoms in total. The predicted octanol–water partition coefficient (Wildman–Crippen LogP) is 2.86. The van der Waals surface area contributed by atoms with Crippen LogP contribution < -0.4 is 0 Å². The monoisotopic (exact) mass is 276 g/mol. The molecule has 0 saturated heterocycles. The zero-order valence-corrected chi connectivity index (χ0v) is 10.8. The number of carboxylic acid groups (broad SMARTS) is 2. The molecule has 0 unspecified atom stereocenters. The summed E-state index contributed by atoms with van der Waals surface area (Å²) in [6.45, 7) is 0. The topological polar surface area (TPSA) is 74.6 Å². The Hall–Kier alpha value is -2.27. The molecule has 0 amide bonds. The van der Waals surface area contributed by atoms with Crippen LogP contribution in [0, 0.1) is 0 Å². The van der Waals surface area contributed by atoms with Crippen LogP contribution in [0.25, 0.3) is 11.1 Å². The molecule has 2 aromatic rings. The van der Waals surface area contributed by atoms with E-state index in [9.17, 15) is 9.59 Å². The summed E-state index contributed by atoms with van der Waals surface area (Å²) >= 11 is 0. The highest BCUT2D eigenvalue weighted by Gasteiger charge is 2.05. The smallest absolute Gasteiger partial charge is 0.335 e. The number of rotatable bonds is 3. The number of hydrogen-bond donors (Lipinski definition) is 2. The maximum atomic E-state index is 10.7. The van der Waals surface area contributed by atoms with Gasteiger partial charge >= 0.3 is 11.9 Å². The Balaban J connectivity index is 0.00000180. The lowest BCUT2D eigenvalue weighted by Crippen LogP contribution is -1.96. The molecule has 0 fully saturated rings. The highest BCUT2D eigenvalue weighted by atomic mass is 32.1. The molecule has 0 aliphatic rings. The van der Waals surface area contributed by atoms with E-state index >= 15 is 0 Å². The van der Waals surface area contributed by atoms with Crippen LogP contribution in [0.3, 0.4) is 0 Å². The van der Waals surface area contributed by atoms with Crippen molar-refractivity contribution in [2.24, 2.45) is 0 Å². The first-order valence-corrected chi connectivity index (χ1v) is 5.25. The summed E-state index contributed by atoms with van der Waals surface area (Å²) in [5.74, 6) is -1.94. The molecule has 0 spiro atoms. The first-order valence-electron chi connectivity index (χ1n) is 5.25. The summed E-state index contributed by atoms with van der Waals surface area (Å²) in [5, 5.41) is 17.6. The molecular weight excluding hydrogens is 264 g/mol. The van der Waals surface area contributed by atoms with E-state index in [1.54, 1.807) is 24.3 Å². The van der Waals surface area contributed by atoms with Gasteiger partial charge in [-0.25, -0.2) is 9.59 Å². The van der Waals surface area contributed by atoms with E-state index in [-0.39, 0.29) is 24.6 Å². The molecule has 2 N–H and O–H groups in total. The van der Waals surface area contributed by atoms with Gasteiger partial charge < -0.3 is 10.2 Å². The van der Waals surface area contributed by atoms with Gasteiger partial charge in [-0.3, -0.25) is 0 Å². The van der Waals surface area contributed by atoms with Crippen molar-refractivity contribution in [1.29, 1.82) is 0 Å². The summed E-state index contributed by atoms with van der Waals surface area (Å²) in [6.07, 6.45) is 0. The molecule has 0 radical (unpaired) electrons. The summed E-state index contributed by atoms with van der Waals surface area (Å²) in [4.78, 5) is 21.4. The van der Waals surface area contributed by atoms with Crippen molar-refractivity contribution < 1.29 is 19.8 Å². The van der Waals surface area contributed by atoms with Gasteiger partial charge in [0.2, 0.25) is 0 Å². The standard InChI is InChI=1S/C14H10O4.H2S/c15-13(16)11-5-1-9(2-6-11)10-3-7-12(8-4-10)14(17)18;/h1-8H,(H,15,16)(H,17,18);1H2. The van der Waals surface area contributed by atoms with Crippen LogP contribution in [0.15, 0.2) is 48.5 Å². The first-order chi connectivity index (χ1) is 8.58. The van der Waals surface area contributed by atoms with Crippen molar-refractivity contribution in [2.45, 2.75) is 0 Å². The Morgan fingerprint density at radius 2 is 0.895 bits per heavy atom. The van der Waals surface area contributed by atoms with Crippen LogP contribution in [-0.4, -0.2) is 22.2 Å². The van der Waals surface area contributed by atoms with Crippen LogP contribution in [0.1, 0.15) is 20.7 Å². The van der Waals surface area contributed by atoms with Crippen molar-refractivity contribution in [1.82, 2.24) is 0 Å². The van der Waals surface area contributed by atoms with Gasteiger partial charge in [0.05, 0.1) is 11.1 Å². The molecule has 0 aliphatic carbocycles. The molecule has 0 aromatic heterocycles. The maximum absolute atomic E-state index is 10.7. The van der Waals surface area contributed by atoms with Gasteiger partial charge in [-0.15, -0.1) is 0 Å². The van der Waals surface area contributed by atoms with Crippen LogP contribution in [0.5, 0.6) is 0 Å². The third-order valence-corrected chi connectivity index (χ3v) is 2.60. The molecule has 0 atom stereocenters. The molecule has 0 aliphatic heterocycles. The number of benzene rings is 2. The molecule has 2 aromatic carbocycles. The minimum absolute atomic E-state index is 0. The summed E-state index contributed by atoms with van der Waals surface area (Å²) in [5.41, 5.74) is 2.13. The summed E-state index contributed by atoms with van der Waals surface area (Å²) in [6, 6.07) is 12.8. The van der Waals surface area contributed by atoms with Gasteiger partial charge in [0.15, 0.2) is 0 Å². The highest BCUT2D eigenvalue weighted by Crippen LogP contribution is 2.20. The first kappa shape index (κ1) is 14.8. The van der Waals surface area contributed by atoms with E-state index in [4.69, 9.17) is 10.2 Å². The van der Waals surface area contributed by atoms with Crippen LogP contribution >= 0.6 is 13.5 Å². The van der Waals surface area contributed by atoms with E-state index in [2.05, 4.69) is 0 Å². The fraction of sp³-hybridized carbons (Fsp3) is 0. The lowest BCUT2D eigenvalue weighted by molar-refractivity contribution is 0.0686. The minimum atomic E-state index is -0.970. The second-order valence-electron chi connectivity index (χ2n) is 3.77. The zero-order valence-electron chi connectivity index (χ0n) is 9.83.